The molecule has 1 heterocycles. The van der Waals surface area contributed by atoms with Crippen LogP contribution >= 0.6 is 23.2 Å². The quantitative estimate of drug-likeness (QED) is 0.497. The summed E-state index contributed by atoms with van der Waals surface area (Å²) in [5.74, 6) is 0.840. The van der Waals surface area contributed by atoms with Crippen LogP contribution in [0.5, 0.6) is 5.75 Å². The topological polar surface area (TPSA) is 77.2 Å². The van der Waals surface area contributed by atoms with Crippen molar-refractivity contribution in [3.05, 3.63) is 75.7 Å². The molecule has 1 fully saturated rings. The van der Waals surface area contributed by atoms with Gasteiger partial charge in [0.2, 0.25) is 11.8 Å². The lowest BCUT2D eigenvalue weighted by Gasteiger charge is -2.27. The van der Waals surface area contributed by atoms with Crippen molar-refractivity contribution in [2.45, 2.75) is 44.1 Å². The fraction of sp³-hybridized carbons (Fsp3) is 0.348. The first kappa shape index (κ1) is 22.6. The summed E-state index contributed by atoms with van der Waals surface area (Å²) in [4.78, 5) is 12.2. The van der Waals surface area contributed by atoms with Crippen molar-refractivity contribution in [2.24, 2.45) is 0 Å². The van der Waals surface area contributed by atoms with Crippen molar-refractivity contribution < 1.29 is 18.3 Å². The molecule has 1 saturated carbocycles. The number of aromatic nitrogens is 2. The lowest BCUT2D eigenvalue weighted by molar-refractivity contribution is -0.124. The largest absolute Gasteiger partial charge is 0.484 e. The Hall–Kier alpha value is -2.64. The normalized spacial score (nSPS) is 18.3. The van der Waals surface area contributed by atoms with E-state index in [1.807, 2.05) is 24.3 Å². The molecule has 0 saturated heterocycles. The van der Waals surface area contributed by atoms with E-state index < -0.39 is 5.82 Å². The van der Waals surface area contributed by atoms with Crippen molar-refractivity contribution >= 4 is 29.1 Å². The summed E-state index contributed by atoms with van der Waals surface area (Å²) in [6, 6.07) is 11.7. The first-order valence-corrected chi connectivity index (χ1v) is 11.2. The van der Waals surface area contributed by atoms with E-state index in [-0.39, 0.29) is 35.2 Å². The monoisotopic (exact) mass is 477 g/mol. The van der Waals surface area contributed by atoms with E-state index in [9.17, 15) is 9.18 Å². The maximum absolute atomic E-state index is 13.4. The van der Waals surface area contributed by atoms with Gasteiger partial charge in [-0.15, -0.1) is 10.2 Å². The van der Waals surface area contributed by atoms with Gasteiger partial charge in [0.25, 0.3) is 5.91 Å². The molecule has 2 aromatic carbocycles. The molecule has 1 amide bonds. The lowest BCUT2D eigenvalue weighted by atomic mass is 9.86. The fourth-order valence-corrected chi connectivity index (χ4v) is 3.99. The predicted molar refractivity (Wildman–Crippen MR) is 119 cm³/mol. The Kier molecular flexibility index (Phi) is 7.27. The van der Waals surface area contributed by atoms with E-state index in [0.29, 0.717) is 23.2 Å². The Balaban J connectivity index is 1.21. The third kappa shape index (κ3) is 5.99. The van der Waals surface area contributed by atoms with Gasteiger partial charge in [0.1, 0.15) is 11.6 Å². The molecule has 32 heavy (non-hydrogen) atoms. The zero-order valence-corrected chi connectivity index (χ0v) is 18.7. The van der Waals surface area contributed by atoms with E-state index in [1.54, 1.807) is 0 Å². The summed E-state index contributed by atoms with van der Waals surface area (Å²) < 4.78 is 24.7. The molecule has 168 valence electrons. The van der Waals surface area contributed by atoms with Crippen molar-refractivity contribution in [3.8, 4) is 5.75 Å². The molecular formula is C23H22Cl2FN3O3. The van der Waals surface area contributed by atoms with Crippen LogP contribution in [0, 0.1) is 5.82 Å². The molecule has 1 aliphatic rings. The number of hydrogen-bond acceptors (Lipinski definition) is 5. The summed E-state index contributed by atoms with van der Waals surface area (Å²) in [7, 11) is 0. The average molecular weight is 478 g/mol. The van der Waals surface area contributed by atoms with E-state index in [0.717, 1.165) is 37.3 Å². The number of amides is 1. The highest BCUT2D eigenvalue weighted by Crippen LogP contribution is 2.32. The number of nitrogens with zero attached hydrogens (tertiary/aromatic N) is 2. The van der Waals surface area contributed by atoms with E-state index in [1.165, 1.54) is 12.1 Å². The van der Waals surface area contributed by atoms with E-state index in [2.05, 4.69) is 15.5 Å². The SMILES string of the molecule is O=C(COc1ccc(Cl)c(F)c1)N[C@H]1CC[C@H](c2nnc(Cc3ccc(Cl)cc3)o2)CC1. The number of benzene rings is 2. The Morgan fingerprint density at radius 3 is 2.56 bits per heavy atom. The second-order valence-corrected chi connectivity index (χ2v) is 8.66. The van der Waals surface area contributed by atoms with E-state index in [4.69, 9.17) is 32.4 Å². The van der Waals surface area contributed by atoms with Crippen LogP contribution in [-0.4, -0.2) is 28.8 Å². The van der Waals surface area contributed by atoms with Crippen molar-refractivity contribution in [1.29, 1.82) is 0 Å². The number of nitrogens with one attached hydrogen (secondary N) is 1. The highest BCUT2D eigenvalue weighted by molar-refractivity contribution is 6.30. The molecule has 1 N–H and O–H groups in total. The van der Waals surface area contributed by atoms with Crippen LogP contribution in [0.25, 0.3) is 0 Å². The molecular weight excluding hydrogens is 456 g/mol. The minimum atomic E-state index is -0.583. The van der Waals surface area contributed by atoms with Crippen LogP contribution in [0.15, 0.2) is 46.9 Å². The molecule has 0 spiro atoms. The third-order valence-electron chi connectivity index (χ3n) is 5.45. The molecule has 0 radical (unpaired) electrons. The second-order valence-electron chi connectivity index (χ2n) is 7.82. The molecule has 0 aliphatic heterocycles. The number of hydrogen-bond donors (Lipinski definition) is 1. The van der Waals surface area contributed by atoms with Gasteiger partial charge in [0.05, 0.1) is 11.4 Å². The van der Waals surface area contributed by atoms with Crippen LogP contribution in [0.2, 0.25) is 10.0 Å². The summed E-state index contributed by atoms with van der Waals surface area (Å²) in [6.45, 7) is -0.182. The van der Waals surface area contributed by atoms with Gasteiger partial charge in [-0.2, -0.15) is 0 Å². The van der Waals surface area contributed by atoms with Gasteiger partial charge in [0.15, 0.2) is 6.61 Å². The van der Waals surface area contributed by atoms with Crippen LogP contribution in [0.1, 0.15) is 48.9 Å². The molecule has 9 heteroatoms. The predicted octanol–water partition coefficient (Wildman–Crippen LogP) is 5.33. The summed E-state index contributed by atoms with van der Waals surface area (Å²) in [5, 5.41) is 12.1. The Morgan fingerprint density at radius 2 is 1.84 bits per heavy atom. The first-order chi connectivity index (χ1) is 15.5. The minimum Gasteiger partial charge on any atom is -0.484 e. The van der Waals surface area contributed by atoms with Crippen LogP contribution in [0.3, 0.4) is 0 Å². The van der Waals surface area contributed by atoms with Crippen molar-refractivity contribution in [1.82, 2.24) is 15.5 Å². The Bertz CT molecular complexity index is 1070. The zero-order chi connectivity index (χ0) is 22.5. The van der Waals surface area contributed by atoms with E-state index >= 15 is 0 Å². The molecule has 4 rings (SSSR count). The van der Waals surface area contributed by atoms with Crippen LogP contribution in [-0.2, 0) is 11.2 Å². The minimum absolute atomic E-state index is 0.0110. The maximum atomic E-state index is 13.4. The van der Waals surface area contributed by atoms with Crippen LogP contribution in [0.4, 0.5) is 4.39 Å². The Morgan fingerprint density at radius 1 is 1.09 bits per heavy atom. The summed E-state index contributed by atoms with van der Waals surface area (Å²) in [5.41, 5.74) is 1.06. The molecule has 1 aliphatic carbocycles. The second kappa shape index (κ2) is 10.3. The van der Waals surface area contributed by atoms with Gasteiger partial charge < -0.3 is 14.5 Å². The molecule has 0 bridgehead atoms. The number of rotatable bonds is 7. The molecule has 0 atom stereocenters. The highest BCUT2D eigenvalue weighted by Gasteiger charge is 2.27. The average Bonchev–Trinajstić information content (AvgIpc) is 3.25. The van der Waals surface area contributed by atoms with Crippen molar-refractivity contribution in [3.63, 3.8) is 0 Å². The molecule has 1 aromatic heterocycles. The number of ether oxygens (including phenoxy) is 1. The van der Waals surface area contributed by atoms with Gasteiger partial charge in [0, 0.05) is 23.0 Å². The third-order valence-corrected chi connectivity index (χ3v) is 6.01. The van der Waals surface area contributed by atoms with Gasteiger partial charge in [-0.05, 0) is 55.5 Å². The molecule has 0 unspecified atom stereocenters. The zero-order valence-electron chi connectivity index (χ0n) is 17.2. The highest BCUT2D eigenvalue weighted by atomic mass is 35.5. The van der Waals surface area contributed by atoms with Gasteiger partial charge >= 0.3 is 0 Å². The lowest BCUT2D eigenvalue weighted by Crippen LogP contribution is -2.39. The van der Waals surface area contributed by atoms with Crippen molar-refractivity contribution in [2.75, 3.05) is 6.61 Å². The van der Waals surface area contributed by atoms with Gasteiger partial charge in [-0.25, -0.2) is 4.39 Å². The first-order valence-electron chi connectivity index (χ1n) is 10.4. The molecule has 3 aromatic rings. The van der Waals surface area contributed by atoms with Gasteiger partial charge in [-0.1, -0.05) is 35.3 Å². The summed E-state index contributed by atoms with van der Waals surface area (Å²) >= 11 is 11.6. The summed E-state index contributed by atoms with van der Waals surface area (Å²) in [6.07, 6.45) is 3.86. The smallest absolute Gasteiger partial charge is 0.258 e. The fourth-order valence-electron chi connectivity index (χ4n) is 3.75. The Labute approximate surface area is 195 Å². The number of halogens is 3. The van der Waals surface area contributed by atoms with Gasteiger partial charge in [-0.3, -0.25) is 4.79 Å². The molecule has 6 nitrogen and oxygen atoms in total. The maximum Gasteiger partial charge on any atom is 0.258 e. The number of carbonyl (C=O) groups excluding carboxylic acids is 1. The van der Waals surface area contributed by atoms with Crippen LogP contribution < -0.4 is 10.1 Å². The standard InChI is InChI=1S/C23H22Cl2FN3O3/c24-16-5-1-14(2-6-16)11-22-28-29-23(32-22)15-3-7-17(8-4-15)27-21(30)13-31-18-9-10-19(25)20(26)12-18/h1-2,5-6,9-10,12,15,17H,3-4,7-8,11,13H2,(H,27,30)/t15-,17-. The number of carbonyl (C=O) groups is 1.